The zero-order chi connectivity index (χ0) is 28.1. The van der Waals surface area contributed by atoms with Crippen LogP contribution < -0.4 is 20.1 Å². The van der Waals surface area contributed by atoms with Crippen molar-refractivity contribution in [3.05, 3.63) is 103 Å². The van der Waals surface area contributed by atoms with Crippen molar-refractivity contribution in [1.82, 2.24) is 20.3 Å². The molecule has 0 bridgehead atoms. The Bertz CT molecular complexity index is 1760. The van der Waals surface area contributed by atoms with Crippen molar-refractivity contribution >= 4 is 32.4 Å². The summed E-state index contributed by atoms with van der Waals surface area (Å²) in [4.78, 5) is 13.7. The van der Waals surface area contributed by atoms with Gasteiger partial charge in [-0.3, -0.25) is 4.72 Å². The lowest BCUT2D eigenvalue weighted by molar-refractivity contribution is 0.470. The van der Waals surface area contributed by atoms with Gasteiger partial charge in [-0.05, 0) is 55.3 Å². The van der Waals surface area contributed by atoms with Crippen molar-refractivity contribution in [2.24, 2.45) is 0 Å². The van der Waals surface area contributed by atoms with Gasteiger partial charge in [-0.2, -0.15) is 0 Å². The Morgan fingerprint density at radius 2 is 1.73 bits per heavy atom. The summed E-state index contributed by atoms with van der Waals surface area (Å²) in [5.41, 5.74) is 2.60. The molecule has 0 spiro atoms. The van der Waals surface area contributed by atoms with Crippen LogP contribution in [0.3, 0.4) is 0 Å². The Kier molecular flexibility index (Phi) is 7.75. The summed E-state index contributed by atoms with van der Waals surface area (Å²) in [6.45, 7) is 1.91. The van der Waals surface area contributed by atoms with Gasteiger partial charge in [-0.15, -0.1) is 0 Å². The van der Waals surface area contributed by atoms with Crippen LogP contribution in [0.25, 0.3) is 22.0 Å². The summed E-state index contributed by atoms with van der Waals surface area (Å²) in [7, 11) is -3.64. The van der Waals surface area contributed by atoms with E-state index in [1.165, 1.54) is 0 Å². The average molecular weight is 567 g/mol. The van der Waals surface area contributed by atoms with E-state index < -0.39 is 10.0 Å². The molecule has 0 amide bonds. The molecule has 1 saturated heterocycles. The molecule has 1 aliphatic rings. The van der Waals surface area contributed by atoms with Crippen molar-refractivity contribution in [1.29, 1.82) is 0 Å². The smallest absolute Gasteiger partial charge is 0.236 e. The van der Waals surface area contributed by atoms with Crippen molar-refractivity contribution in [2.75, 3.05) is 23.1 Å². The molecule has 1 fully saturated rings. The van der Waals surface area contributed by atoms with E-state index in [0.717, 1.165) is 36.9 Å². The van der Waals surface area contributed by atoms with E-state index in [1.807, 2.05) is 60.7 Å². The van der Waals surface area contributed by atoms with Crippen molar-refractivity contribution < 1.29 is 13.2 Å². The first-order chi connectivity index (χ1) is 20.0. The molecular weight excluding hydrogens is 536 g/mol. The molecule has 10 heteroatoms. The van der Waals surface area contributed by atoms with E-state index in [9.17, 15) is 8.42 Å². The number of anilines is 2. The maximum absolute atomic E-state index is 13.0. The molecule has 41 heavy (non-hydrogen) atoms. The molecule has 9 nitrogen and oxygen atoms in total. The Balaban J connectivity index is 1.27. The van der Waals surface area contributed by atoms with E-state index in [1.54, 1.807) is 36.7 Å². The zero-order valence-electron chi connectivity index (χ0n) is 22.3. The number of ether oxygens (including phenoxy) is 1. The number of fused-ring (bicyclic) bond motifs is 1. The minimum absolute atomic E-state index is 0.120. The third-order valence-corrected chi connectivity index (χ3v) is 8.13. The molecule has 5 aromatic rings. The van der Waals surface area contributed by atoms with Crippen LogP contribution in [0.2, 0.25) is 0 Å². The van der Waals surface area contributed by atoms with Gasteiger partial charge in [0.15, 0.2) is 0 Å². The van der Waals surface area contributed by atoms with Crippen LogP contribution in [0.15, 0.2) is 97.3 Å². The lowest BCUT2D eigenvalue weighted by Gasteiger charge is -2.23. The number of sulfonamides is 1. The number of pyridine rings is 1. The van der Waals surface area contributed by atoms with Gasteiger partial charge in [0.25, 0.3) is 0 Å². The predicted octanol–water partition coefficient (Wildman–Crippen LogP) is 5.59. The van der Waals surface area contributed by atoms with Crippen LogP contribution in [0, 0.1) is 0 Å². The highest BCUT2D eigenvalue weighted by molar-refractivity contribution is 7.91. The highest BCUT2D eigenvalue weighted by Gasteiger charge is 2.18. The predicted molar refractivity (Wildman–Crippen MR) is 161 cm³/mol. The second-order valence-corrected chi connectivity index (χ2v) is 11.6. The van der Waals surface area contributed by atoms with Gasteiger partial charge in [-0.1, -0.05) is 54.6 Å². The van der Waals surface area contributed by atoms with Gasteiger partial charge >= 0.3 is 0 Å². The van der Waals surface area contributed by atoms with Crippen molar-refractivity contribution in [2.45, 2.75) is 24.6 Å². The third kappa shape index (κ3) is 6.45. The molecule has 3 N–H and O–H groups in total. The van der Waals surface area contributed by atoms with E-state index in [2.05, 4.69) is 25.3 Å². The van der Waals surface area contributed by atoms with Gasteiger partial charge in [0, 0.05) is 35.8 Å². The summed E-state index contributed by atoms with van der Waals surface area (Å²) in [5.74, 6) is 1.37. The Morgan fingerprint density at radius 3 is 2.59 bits per heavy atom. The molecule has 2 aromatic heterocycles. The van der Waals surface area contributed by atoms with E-state index >= 15 is 0 Å². The molecule has 1 aliphatic heterocycles. The number of rotatable bonds is 9. The second-order valence-electron chi connectivity index (χ2n) is 9.91. The average Bonchev–Trinajstić information content (AvgIpc) is 2.99. The standard InChI is InChI=1S/C31H30N6O3S/c38-41(39,21-22-8-2-1-3-9-22)37-28-14-4-12-25-24(28)11-5-15-29(25)40-30-26(13-7-18-33-30)27-16-19-34-31(36-27)35-23-10-6-17-32-20-23/h1-5,7-9,11-16,18-19,23,32,37H,6,10,17,20-21H2,(H,34,35,36). The first-order valence-corrected chi connectivity index (χ1v) is 15.2. The number of nitrogens with zero attached hydrogens (tertiary/aromatic N) is 3. The van der Waals surface area contributed by atoms with E-state index in [-0.39, 0.29) is 11.8 Å². The van der Waals surface area contributed by atoms with Gasteiger partial charge < -0.3 is 15.4 Å². The van der Waals surface area contributed by atoms with Crippen molar-refractivity contribution in [3.63, 3.8) is 0 Å². The molecule has 6 rings (SSSR count). The number of hydrogen-bond donors (Lipinski definition) is 3. The number of nitrogens with one attached hydrogen (secondary N) is 3. The minimum Gasteiger partial charge on any atom is -0.438 e. The first-order valence-electron chi connectivity index (χ1n) is 13.5. The highest BCUT2D eigenvalue weighted by atomic mass is 32.2. The summed E-state index contributed by atoms with van der Waals surface area (Å²) >= 11 is 0. The van der Waals surface area contributed by atoms with E-state index in [0.29, 0.717) is 39.9 Å². The van der Waals surface area contributed by atoms with Crippen LogP contribution in [0.4, 0.5) is 11.6 Å². The topological polar surface area (TPSA) is 118 Å². The first kappa shape index (κ1) is 26.7. The number of hydrogen-bond acceptors (Lipinski definition) is 8. The van der Waals surface area contributed by atoms with Gasteiger partial charge in [0.05, 0.1) is 22.7 Å². The lowest BCUT2D eigenvalue weighted by Crippen LogP contribution is -2.38. The van der Waals surface area contributed by atoms with Gasteiger partial charge in [0.1, 0.15) is 5.75 Å². The van der Waals surface area contributed by atoms with Crippen LogP contribution in [-0.4, -0.2) is 42.5 Å². The van der Waals surface area contributed by atoms with Crippen LogP contribution >= 0.6 is 0 Å². The third-order valence-electron chi connectivity index (χ3n) is 6.89. The van der Waals surface area contributed by atoms with E-state index in [4.69, 9.17) is 9.72 Å². The Morgan fingerprint density at radius 1 is 0.878 bits per heavy atom. The lowest BCUT2D eigenvalue weighted by atomic mass is 10.1. The normalized spacial score (nSPS) is 15.4. The van der Waals surface area contributed by atoms with Gasteiger partial charge in [0.2, 0.25) is 21.9 Å². The summed E-state index contributed by atoms with van der Waals surface area (Å²) in [5, 5.41) is 8.28. The van der Waals surface area contributed by atoms with Gasteiger partial charge in [-0.25, -0.2) is 23.4 Å². The molecule has 0 saturated carbocycles. The number of piperidine rings is 1. The molecule has 0 radical (unpaired) electrons. The second kappa shape index (κ2) is 11.9. The maximum Gasteiger partial charge on any atom is 0.236 e. The fraction of sp³-hybridized carbons (Fsp3) is 0.194. The molecule has 3 heterocycles. The Labute approximate surface area is 239 Å². The molecule has 208 valence electrons. The monoisotopic (exact) mass is 566 g/mol. The fourth-order valence-electron chi connectivity index (χ4n) is 4.96. The SMILES string of the molecule is O=S(=O)(Cc1ccccc1)Nc1cccc2c(Oc3ncccc3-c3ccnc(NC4CCCNC4)n3)cccc12. The highest BCUT2D eigenvalue weighted by Crippen LogP contribution is 2.36. The quantitative estimate of drug-likeness (QED) is 0.211. The summed E-state index contributed by atoms with van der Waals surface area (Å²) < 4.78 is 35.1. The summed E-state index contributed by atoms with van der Waals surface area (Å²) in [6.07, 6.45) is 5.57. The van der Waals surface area contributed by atoms with Crippen LogP contribution in [0.1, 0.15) is 18.4 Å². The number of aromatic nitrogens is 3. The molecule has 3 aromatic carbocycles. The molecule has 0 aliphatic carbocycles. The largest absolute Gasteiger partial charge is 0.438 e. The minimum atomic E-state index is -3.64. The summed E-state index contributed by atoms with van der Waals surface area (Å²) in [6, 6.07) is 25.9. The van der Waals surface area contributed by atoms with Crippen LogP contribution in [0.5, 0.6) is 11.6 Å². The fourth-order valence-corrected chi connectivity index (χ4v) is 6.18. The zero-order valence-corrected chi connectivity index (χ0v) is 23.1. The Hall–Kier alpha value is -4.54. The van der Waals surface area contributed by atoms with Crippen LogP contribution in [-0.2, 0) is 15.8 Å². The molecular formula is C31H30N6O3S. The van der Waals surface area contributed by atoms with Crippen molar-refractivity contribution in [3.8, 4) is 22.9 Å². The number of benzene rings is 3. The molecule has 1 atom stereocenters. The maximum atomic E-state index is 13.0. The molecule has 1 unspecified atom stereocenters.